The molecule has 0 spiro atoms. The maximum absolute atomic E-state index is 12.9. The van der Waals surface area contributed by atoms with E-state index in [2.05, 4.69) is 10.3 Å². The number of rotatable bonds is 2. The van der Waals surface area contributed by atoms with Crippen LogP contribution in [0.5, 0.6) is 0 Å². The van der Waals surface area contributed by atoms with E-state index in [9.17, 15) is 31.1 Å². The van der Waals surface area contributed by atoms with E-state index in [0.717, 1.165) is 0 Å². The van der Waals surface area contributed by atoms with Crippen molar-refractivity contribution >= 4 is 17.2 Å². The van der Waals surface area contributed by atoms with Crippen molar-refractivity contribution in [2.75, 3.05) is 5.32 Å². The number of carbonyl (C=O) groups is 1. The number of pyridine rings is 1. The van der Waals surface area contributed by atoms with Crippen LogP contribution in [0.15, 0.2) is 42.7 Å². The number of nitrogens with zero attached hydrogens (tertiary/aromatic N) is 2. The van der Waals surface area contributed by atoms with E-state index in [-0.39, 0.29) is 11.8 Å². The Morgan fingerprint density at radius 1 is 1.00 bits per heavy atom. The zero-order valence-electron chi connectivity index (χ0n) is 13.6. The van der Waals surface area contributed by atoms with Crippen LogP contribution in [0, 0.1) is 6.92 Å². The van der Waals surface area contributed by atoms with Gasteiger partial charge in [0.25, 0.3) is 5.91 Å². The van der Waals surface area contributed by atoms with Crippen molar-refractivity contribution < 1.29 is 31.1 Å². The minimum atomic E-state index is -5.03. The Morgan fingerprint density at radius 2 is 1.59 bits per heavy atom. The van der Waals surface area contributed by atoms with Crippen LogP contribution in [0.2, 0.25) is 0 Å². The van der Waals surface area contributed by atoms with Crippen molar-refractivity contribution in [3.63, 3.8) is 0 Å². The molecule has 0 fully saturated rings. The van der Waals surface area contributed by atoms with Gasteiger partial charge < -0.3 is 9.72 Å². The summed E-state index contributed by atoms with van der Waals surface area (Å²) in [7, 11) is 0. The highest BCUT2D eigenvalue weighted by molar-refractivity contribution is 6.04. The molecular weight excluding hydrogens is 376 g/mol. The van der Waals surface area contributed by atoms with Crippen LogP contribution < -0.4 is 5.32 Å². The van der Waals surface area contributed by atoms with Gasteiger partial charge in [0.05, 0.1) is 16.8 Å². The Labute approximate surface area is 148 Å². The van der Waals surface area contributed by atoms with Crippen molar-refractivity contribution in [1.82, 2.24) is 9.38 Å². The SMILES string of the molecule is Cc1c(NC(=O)c2cc(C(F)(F)F)cc(C(F)(F)F)c2)ccc2nccn12. The molecule has 2 heterocycles. The number of aromatic nitrogens is 2. The molecule has 0 bridgehead atoms. The highest BCUT2D eigenvalue weighted by atomic mass is 19.4. The Kier molecular flexibility index (Phi) is 4.37. The summed E-state index contributed by atoms with van der Waals surface area (Å²) < 4.78 is 79.1. The number of carbonyl (C=O) groups excluding carboxylic acids is 1. The van der Waals surface area contributed by atoms with Gasteiger partial charge in [-0.2, -0.15) is 26.3 Å². The molecule has 27 heavy (non-hydrogen) atoms. The normalized spacial score (nSPS) is 12.4. The number of nitrogens with one attached hydrogen (secondary N) is 1. The molecule has 1 aromatic carbocycles. The highest BCUT2D eigenvalue weighted by Gasteiger charge is 2.37. The van der Waals surface area contributed by atoms with Crippen LogP contribution in [-0.2, 0) is 12.4 Å². The van der Waals surface area contributed by atoms with Gasteiger partial charge >= 0.3 is 12.4 Å². The topological polar surface area (TPSA) is 46.4 Å². The number of fused-ring (bicyclic) bond motifs is 1. The molecule has 0 unspecified atom stereocenters. The second kappa shape index (κ2) is 6.29. The smallest absolute Gasteiger partial charge is 0.320 e. The van der Waals surface area contributed by atoms with E-state index in [1.54, 1.807) is 23.6 Å². The van der Waals surface area contributed by atoms with Crippen molar-refractivity contribution in [3.05, 3.63) is 65.1 Å². The van der Waals surface area contributed by atoms with Gasteiger partial charge in [0.15, 0.2) is 0 Å². The van der Waals surface area contributed by atoms with E-state index >= 15 is 0 Å². The van der Waals surface area contributed by atoms with Gasteiger partial charge in [0, 0.05) is 23.7 Å². The summed E-state index contributed by atoms with van der Waals surface area (Å²) in [4.78, 5) is 16.4. The van der Waals surface area contributed by atoms with Gasteiger partial charge in [0.2, 0.25) is 0 Å². The van der Waals surface area contributed by atoms with E-state index < -0.39 is 35.0 Å². The lowest BCUT2D eigenvalue weighted by Gasteiger charge is -2.15. The Bertz CT molecular complexity index is 987. The zero-order valence-corrected chi connectivity index (χ0v) is 13.6. The molecule has 0 atom stereocenters. The van der Waals surface area contributed by atoms with Gasteiger partial charge in [0.1, 0.15) is 5.65 Å². The number of aryl methyl sites for hydroxylation is 1. The molecule has 1 amide bonds. The molecule has 10 heteroatoms. The molecule has 3 aromatic rings. The molecule has 0 radical (unpaired) electrons. The summed E-state index contributed by atoms with van der Waals surface area (Å²) in [5.74, 6) is -1.09. The number of hydrogen-bond donors (Lipinski definition) is 1. The van der Waals surface area contributed by atoms with Crippen molar-refractivity contribution in [2.24, 2.45) is 0 Å². The molecule has 2 aromatic heterocycles. The van der Waals surface area contributed by atoms with Crippen molar-refractivity contribution in [3.8, 4) is 0 Å². The molecule has 1 N–H and O–H groups in total. The standard InChI is InChI=1S/C17H11F6N3O/c1-9-13(2-3-14-24-4-5-26(9)14)25-15(27)10-6-11(16(18,19)20)8-12(7-10)17(21,22)23/h2-8H,1H3,(H,25,27). The predicted molar refractivity (Wildman–Crippen MR) is 84.3 cm³/mol. The number of alkyl halides is 6. The van der Waals surface area contributed by atoms with Gasteiger partial charge in [-0.3, -0.25) is 4.79 Å². The van der Waals surface area contributed by atoms with E-state index in [1.165, 1.54) is 12.3 Å². The van der Waals surface area contributed by atoms with E-state index in [0.29, 0.717) is 23.5 Å². The van der Waals surface area contributed by atoms with Gasteiger partial charge in [-0.15, -0.1) is 0 Å². The van der Waals surface area contributed by atoms with Crippen LogP contribution >= 0.6 is 0 Å². The first kappa shape index (κ1) is 18.7. The second-order valence-electron chi connectivity index (χ2n) is 5.74. The number of amides is 1. The van der Waals surface area contributed by atoms with Crippen LogP contribution in [0.4, 0.5) is 32.0 Å². The summed E-state index contributed by atoms with van der Waals surface area (Å²) in [6.07, 6.45) is -6.94. The Hall–Kier alpha value is -3.04. The molecule has 0 saturated heterocycles. The number of imidazole rings is 1. The maximum Gasteiger partial charge on any atom is 0.416 e. The van der Waals surface area contributed by atoms with Crippen molar-refractivity contribution in [1.29, 1.82) is 0 Å². The number of anilines is 1. The van der Waals surface area contributed by atoms with E-state index in [4.69, 9.17) is 0 Å². The first-order valence-electron chi connectivity index (χ1n) is 7.50. The second-order valence-corrected chi connectivity index (χ2v) is 5.74. The predicted octanol–water partition coefficient (Wildman–Crippen LogP) is 4.93. The fourth-order valence-corrected chi connectivity index (χ4v) is 2.54. The summed E-state index contributed by atoms with van der Waals surface area (Å²) >= 11 is 0. The highest BCUT2D eigenvalue weighted by Crippen LogP contribution is 2.36. The molecule has 0 aliphatic carbocycles. The molecule has 3 rings (SSSR count). The van der Waals surface area contributed by atoms with E-state index in [1.807, 2.05) is 0 Å². The van der Waals surface area contributed by atoms with Gasteiger partial charge in [-0.25, -0.2) is 4.98 Å². The minimum absolute atomic E-state index is 0.0282. The summed E-state index contributed by atoms with van der Waals surface area (Å²) in [5, 5.41) is 2.34. The fraction of sp³-hybridized carbons (Fsp3) is 0.176. The number of benzene rings is 1. The summed E-state index contributed by atoms with van der Waals surface area (Å²) in [6.45, 7) is 1.62. The monoisotopic (exact) mass is 387 g/mol. The van der Waals surface area contributed by atoms with Crippen LogP contribution in [-0.4, -0.2) is 15.3 Å². The largest absolute Gasteiger partial charge is 0.416 e. The Morgan fingerprint density at radius 3 is 2.15 bits per heavy atom. The lowest BCUT2D eigenvalue weighted by molar-refractivity contribution is -0.143. The lowest BCUT2D eigenvalue weighted by Crippen LogP contribution is -2.18. The Balaban J connectivity index is 2.01. The molecule has 142 valence electrons. The molecule has 0 saturated carbocycles. The lowest BCUT2D eigenvalue weighted by atomic mass is 10.0. The minimum Gasteiger partial charge on any atom is -0.320 e. The first-order chi connectivity index (χ1) is 12.5. The average molecular weight is 387 g/mol. The van der Waals surface area contributed by atoms with Crippen molar-refractivity contribution in [2.45, 2.75) is 19.3 Å². The van der Waals surface area contributed by atoms with Gasteiger partial charge in [-0.05, 0) is 37.3 Å². The maximum atomic E-state index is 12.9. The van der Waals surface area contributed by atoms with Crippen LogP contribution in [0.1, 0.15) is 27.2 Å². The molecular formula is C17H11F6N3O. The molecule has 0 aliphatic rings. The third-order valence-electron chi connectivity index (χ3n) is 3.92. The zero-order chi connectivity index (χ0) is 20.0. The fourth-order valence-electron chi connectivity index (χ4n) is 2.54. The van der Waals surface area contributed by atoms with Crippen LogP contribution in [0.25, 0.3) is 5.65 Å². The summed E-state index contributed by atoms with van der Waals surface area (Å²) in [6, 6.07) is 3.76. The first-order valence-corrected chi connectivity index (χ1v) is 7.50. The number of halogens is 6. The third kappa shape index (κ3) is 3.74. The van der Waals surface area contributed by atoms with Crippen LogP contribution in [0.3, 0.4) is 0 Å². The molecule has 4 nitrogen and oxygen atoms in total. The summed E-state index contributed by atoms with van der Waals surface area (Å²) in [5.41, 5.74) is -2.53. The van der Waals surface area contributed by atoms with Gasteiger partial charge in [-0.1, -0.05) is 0 Å². The third-order valence-corrected chi connectivity index (χ3v) is 3.92. The molecule has 0 aliphatic heterocycles. The average Bonchev–Trinajstić information content (AvgIpc) is 3.05. The number of hydrogen-bond acceptors (Lipinski definition) is 2. The quantitative estimate of drug-likeness (QED) is 0.634.